The molecule has 5 heteroatoms. The zero-order valence-corrected chi connectivity index (χ0v) is 16.9. The summed E-state index contributed by atoms with van der Waals surface area (Å²) in [5, 5.41) is 12.3. The van der Waals surface area contributed by atoms with Crippen molar-refractivity contribution in [3.8, 4) is 0 Å². The number of rotatable bonds is 4. The molecule has 1 fully saturated rings. The van der Waals surface area contributed by atoms with Crippen molar-refractivity contribution in [2.75, 3.05) is 13.2 Å². The molecule has 5 nitrogen and oxygen atoms in total. The van der Waals surface area contributed by atoms with Gasteiger partial charge in [-0.3, -0.25) is 15.0 Å². The molecule has 1 aliphatic heterocycles. The average molecular weight is 390 g/mol. The molecule has 4 rings (SSSR count). The Labute approximate surface area is 170 Å². The molecule has 0 radical (unpaired) electrons. The number of fused-ring (bicyclic) bond motifs is 1. The Morgan fingerprint density at radius 1 is 1.10 bits per heavy atom. The summed E-state index contributed by atoms with van der Waals surface area (Å²) >= 11 is 0. The molecule has 1 N–H and O–H groups in total. The van der Waals surface area contributed by atoms with Crippen LogP contribution >= 0.6 is 0 Å². The van der Waals surface area contributed by atoms with E-state index in [-0.39, 0.29) is 11.9 Å². The normalized spacial score (nSPS) is 14.9. The molecular formula is C24H26N2O3. The number of benzene rings is 2. The largest absolute Gasteiger partial charge is 0.381 e. The number of nitrogens with zero attached hydrogens (tertiary/aromatic N) is 2. The van der Waals surface area contributed by atoms with Gasteiger partial charge in [0.25, 0.3) is 5.91 Å². The van der Waals surface area contributed by atoms with Gasteiger partial charge in [-0.1, -0.05) is 23.8 Å². The van der Waals surface area contributed by atoms with Crippen molar-refractivity contribution >= 4 is 16.8 Å². The van der Waals surface area contributed by atoms with E-state index in [0.29, 0.717) is 31.6 Å². The van der Waals surface area contributed by atoms with Gasteiger partial charge in [-0.25, -0.2) is 5.06 Å². The molecule has 3 aromatic rings. The Morgan fingerprint density at radius 3 is 2.55 bits per heavy atom. The van der Waals surface area contributed by atoms with Crippen LogP contribution in [0.5, 0.6) is 0 Å². The number of hydrogen-bond donors (Lipinski definition) is 1. The number of aromatic nitrogens is 1. The smallest absolute Gasteiger partial charge is 0.277 e. The second-order valence-corrected chi connectivity index (χ2v) is 7.81. The van der Waals surface area contributed by atoms with E-state index in [1.54, 1.807) is 12.1 Å². The molecule has 0 bridgehead atoms. The van der Waals surface area contributed by atoms with Gasteiger partial charge in [-0.05, 0) is 74.6 Å². The molecule has 29 heavy (non-hydrogen) atoms. The van der Waals surface area contributed by atoms with Crippen LogP contribution in [0, 0.1) is 13.8 Å². The first-order chi connectivity index (χ1) is 14.0. The quantitative estimate of drug-likeness (QED) is 0.528. The van der Waals surface area contributed by atoms with Crippen molar-refractivity contribution < 1.29 is 14.7 Å². The van der Waals surface area contributed by atoms with Crippen LogP contribution in [0.25, 0.3) is 10.9 Å². The third-order valence-corrected chi connectivity index (χ3v) is 5.52. The minimum atomic E-state index is -0.357. The lowest BCUT2D eigenvalue weighted by molar-refractivity contribution is -0.112. The molecule has 0 aliphatic carbocycles. The van der Waals surface area contributed by atoms with Crippen molar-refractivity contribution in [1.82, 2.24) is 10.0 Å². The summed E-state index contributed by atoms with van der Waals surface area (Å²) < 4.78 is 5.30. The summed E-state index contributed by atoms with van der Waals surface area (Å²) in [4.78, 5) is 17.2. The highest BCUT2D eigenvalue weighted by atomic mass is 16.5. The molecule has 2 heterocycles. The lowest BCUT2D eigenvalue weighted by Gasteiger charge is -2.29. The maximum Gasteiger partial charge on any atom is 0.277 e. The van der Waals surface area contributed by atoms with E-state index < -0.39 is 0 Å². The molecule has 0 unspecified atom stereocenters. The lowest BCUT2D eigenvalue weighted by Crippen LogP contribution is -2.41. The molecule has 1 aromatic heterocycles. The maximum atomic E-state index is 12.6. The van der Waals surface area contributed by atoms with Gasteiger partial charge < -0.3 is 4.74 Å². The highest BCUT2D eigenvalue weighted by Crippen LogP contribution is 2.23. The molecule has 0 spiro atoms. The van der Waals surface area contributed by atoms with Crippen LogP contribution in [0.2, 0.25) is 0 Å². The van der Waals surface area contributed by atoms with Gasteiger partial charge in [0, 0.05) is 29.9 Å². The van der Waals surface area contributed by atoms with Gasteiger partial charge in [-0.2, -0.15) is 0 Å². The van der Waals surface area contributed by atoms with E-state index in [9.17, 15) is 10.0 Å². The van der Waals surface area contributed by atoms with Gasteiger partial charge in [0.15, 0.2) is 0 Å². The topological polar surface area (TPSA) is 62.7 Å². The van der Waals surface area contributed by atoms with Crippen molar-refractivity contribution in [1.29, 1.82) is 0 Å². The monoisotopic (exact) mass is 390 g/mol. The maximum absolute atomic E-state index is 12.6. The Morgan fingerprint density at radius 2 is 1.83 bits per heavy atom. The predicted octanol–water partition coefficient (Wildman–Crippen LogP) is 4.45. The van der Waals surface area contributed by atoms with E-state index in [1.165, 1.54) is 11.1 Å². The summed E-state index contributed by atoms with van der Waals surface area (Å²) in [6.07, 6.45) is 2.09. The first-order valence-electron chi connectivity index (χ1n) is 10.1. The number of ether oxygens (including phenoxy) is 1. The molecule has 0 saturated carbocycles. The summed E-state index contributed by atoms with van der Waals surface area (Å²) in [6.45, 7) is 5.25. The second kappa shape index (κ2) is 8.31. The third kappa shape index (κ3) is 4.31. The number of hydrogen-bond acceptors (Lipinski definition) is 4. The fourth-order valence-corrected chi connectivity index (χ4v) is 3.92. The van der Waals surface area contributed by atoms with Crippen molar-refractivity contribution in [3.63, 3.8) is 0 Å². The SMILES string of the molecule is Cc1ccc2nc(C)cc(Cc3ccc(C(=O)N(O)C4CCOCC4)cc3)c2c1. The van der Waals surface area contributed by atoms with Gasteiger partial charge in [0.1, 0.15) is 0 Å². The number of aryl methyl sites for hydroxylation is 2. The van der Waals surface area contributed by atoms with Crippen LogP contribution in [0.1, 0.15) is 45.6 Å². The van der Waals surface area contributed by atoms with Gasteiger partial charge in [0.05, 0.1) is 11.6 Å². The Kier molecular flexibility index (Phi) is 5.60. The van der Waals surface area contributed by atoms with Gasteiger partial charge >= 0.3 is 0 Å². The number of carbonyl (C=O) groups is 1. The van der Waals surface area contributed by atoms with Crippen molar-refractivity contribution in [3.05, 3.63) is 76.5 Å². The number of pyridine rings is 1. The fourth-order valence-electron chi connectivity index (χ4n) is 3.92. The van der Waals surface area contributed by atoms with Gasteiger partial charge in [-0.15, -0.1) is 0 Å². The number of carbonyl (C=O) groups excluding carboxylic acids is 1. The fraction of sp³-hybridized carbons (Fsp3) is 0.333. The zero-order chi connectivity index (χ0) is 20.4. The van der Waals surface area contributed by atoms with Crippen molar-refractivity contribution in [2.45, 2.75) is 39.2 Å². The van der Waals surface area contributed by atoms with Crippen LogP contribution in [0.4, 0.5) is 0 Å². The van der Waals surface area contributed by atoms with E-state index >= 15 is 0 Å². The van der Waals surface area contributed by atoms with Crippen LogP contribution in [0.15, 0.2) is 48.5 Å². The first kappa shape index (κ1) is 19.6. The second-order valence-electron chi connectivity index (χ2n) is 7.81. The standard InChI is InChI=1S/C24H26N2O3/c1-16-3-8-23-22(13-16)20(14-17(2)25-23)15-18-4-6-19(7-5-18)24(27)26(28)21-9-11-29-12-10-21/h3-8,13-14,21,28H,9-12,15H2,1-2H3. The first-order valence-corrected chi connectivity index (χ1v) is 10.1. The Bertz CT molecular complexity index is 1020. The molecule has 2 aromatic carbocycles. The molecule has 0 atom stereocenters. The van der Waals surface area contributed by atoms with Crippen LogP contribution < -0.4 is 0 Å². The lowest BCUT2D eigenvalue weighted by atomic mass is 9.98. The van der Waals surface area contributed by atoms with Crippen LogP contribution in [-0.4, -0.2) is 40.4 Å². The summed E-state index contributed by atoms with van der Waals surface area (Å²) in [7, 11) is 0. The van der Waals surface area contributed by atoms with E-state index in [1.807, 2.05) is 19.1 Å². The predicted molar refractivity (Wildman–Crippen MR) is 112 cm³/mol. The number of hydroxylamine groups is 2. The van der Waals surface area contributed by atoms with E-state index in [2.05, 4.69) is 36.2 Å². The molecule has 1 aliphatic rings. The van der Waals surface area contributed by atoms with E-state index in [0.717, 1.165) is 33.6 Å². The average Bonchev–Trinajstić information content (AvgIpc) is 2.74. The Hall–Kier alpha value is -2.76. The van der Waals surface area contributed by atoms with Crippen LogP contribution in [-0.2, 0) is 11.2 Å². The summed E-state index contributed by atoms with van der Waals surface area (Å²) in [6, 6.07) is 15.8. The zero-order valence-electron chi connectivity index (χ0n) is 16.9. The Balaban J connectivity index is 1.53. The highest BCUT2D eigenvalue weighted by molar-refractivity contribution is 5.93. The molecule has 1 amide bonds. The minimum absolute atomic E-state index is 0.176. The van der Waals surface area contributed by atoms with E-state index in [4.69, 9.17) is 4.74 Å². The van der Waals surface area contributed by atoms with Gasteiger partial charge in [0.2, 0.25) is 0 Å². The summed E-state index contributed by atoms with van der Waals surface area (Å²) in [5.74, 6) is -0.357. The van der Waals surface area contributed by atoms with Crippen LogP contribution in [0.3, 0.4) is 0 Å². The number of amides is 1. The molecule has 150 valence electrons. The third-order valence-electron chi connectivity index (χ3n) is 5.52. The molecular weight excluding hydrogens is 364 g/mol. The molecule has 1 saturated heterocycles. The minimum Gasteiger partial charge on any atom is -0.381 e. The summed E-state index contributed by atoms with van der Waals surface area (Å²) in [5.41, 5.74) is 6.04. The highest BCUT2D eigenvalue weighted by Gasteiger charge is 2.25. The van der Waals surface area contributed by atoms with Crippen molar-refractivity contribution in [2.24, 2.45) is 0 Å².